The standard InChI is InChI=1S/C30H39FN6O3/c1-18(32)29(35(2)33)19-8-14-25-24(16-19)34-30(37(25)20-9-12-22(39-3)13-10-20)26-6-5-7-28(38)36(26)21-11-15-27(40-4)23(31)17-21/h8,11,14-17,20,22,26H,5-7,9-10,12-13,32-33H2,1-4H3/b29-18-/t20?,22?,26-/m0/s1. The van der Waals surface area contributed by atoms with Gasteiger partial charge in [0.05, 0.1) is 36.0 Å². The number of carbonyl (C=O) groups excluding carboxylic acids is 1. The first-order valence-electron chi connectivity index (χ1n) is 13.9. The first-order valence-corrected chi connectivity index (χ1v) is 13.9. The summed E-state index contributed by atoms with van der Waals surface area (Å²) < 4.78 is 27.9. The van der Waals surface area contributed by atoms with E-state index in [9.17, 15) is 9.18 Å². The van der Waals surface area contributed by atoms with Crippen LogP contribution in [0.25, 0.3) is 16.7 Å². The zero-order chi connectivity index (χ0) is 28.6. The van der Waals surface area contributed by atoms with Crippen molar-refractivity contribution in [3.63, 3.8) is 0 Å². The van der Waals surface area contributed by atoms with Crippen LogP contribution in [0.2, 0.25) is 0 Å². The molecule has 9 nitrogen and oxygen atoms in total. The zero-order valence-corrected chi connectivity index (χ0v) is 23.7. The second-order valence-corrected chi connectivity index (χ2v) is 10.8. The monoisotopic (exact) mass is 550 g/mol. The maximum absolute atomic E-state index is 14.8. The lowest BCUT2D eigenvalue weighted by atomic mass is 9.91. The molecule has 0 bridgehead atoms. The van der Waals surface area contributed by atoms with Crippen molar-refractivity contribution in [3.05, 3.63) is 59.3 Å². The van der Waals surface area contributed by atoms with Crippen LogP contribution >= 0.6 is 0 Å². The fourth-order valence-corrected chi connectivity index (χ4v) is 6.38. The number of piperidine rings is 1. The van der Waals surface area contributed by atoms with E-state index in [-0.39, 0.29) is 29.8 Å². The summed E-state index contributed by atoms with van der Waals surface area (Å²) >= 11 is 0. The van der Waals surface area contributed by atoms with Crippen molar-refractivity contribution in [2.75, 3.05) is 26.2 Å². The molecule has 1 aromatic heterocycles. The van der Waals surface area contributed by atoms with Gasteiger partial charge in [-0.05, 0) is 69.7 Å². The van der Waals surface area contributed by atoms with Gasteiger partial charge in [0.25, 0.3) is 0 Å². The molecule has 2 aliphatic rings. The zero-order valence-electron chi connectivity index (χ0n) is 23.7. The number of nitrogens with zero attached hydrogens (tertiary/aromatic N) is 4. The van der Waals surface area contributed by atoms with Gasteiger partial charge in [-0.3, -0.25) is 4.79 Å². The molecule has 1 aliphatic heterocycles. The topological polar surface area (TPSA) is 112 Å². The van der Waals surface area contributed by atoms with Crippen LogP contribution < -0.4 is 21.2 Å². The molecule has 1 saturated heterocycles. The second-order valence-electron chi connectivity index (χ2n) is 10.8. The van der Waals surface area contributed by atoms with E-state index in [0.29, 0.717) is 17.8 Å². The SMILES string of the molecule is COc1ccc(N2C(=O)CCC[C@H]2c2nc3cc(/C(=C(\C)N)N(C)N)ccc3n2C2CCC(OC)CC2)cc1F. The van der Waals surface area contributed by atoms with Gasteiger partial charge < -0.3 is 29.7 Å². The third-order valence-electron chi connectivity index (χ3n) is 8.22. The smallest absolute Gasteiger partial charge is 0.227 e. The van der Waals surface area contributed by atoms with E-state index in [1.165, 1.54) is 18.2 Å². The summed E-state index contributed by atoms with van der Waals surface area (Å²) in [4.78, 5) is 20.3. The summed E-state index contributed by atoms with van der Waals surface area (Å²) in [6.45, 7) is 1.82. The van der Waals surface area contributed by atoms with Crippen molar-refractivity contribution in [2.45, 2.75) is 70.1 Å². The third-order valence-corrected chi connectivity index (χ3v) is 8.22. The number of hydrogen-bond acceptors (Lipinski definition) is 7. The Balaban J connectivity index is 1.66. The first-order chi connectivity index (χ1) is 19.2. The van der Waals surface area contributed by atoms with E-state index in [2.05, 4.69) is 10.6 Å². The van der Waals surface area contributed by atoms with Crippen LogP contribution in [0.1, 0.15) is 75.3 Å². The van der Waals surface area contributed by atoms with Gasteiger partial charge in [0, 0.05) is 49.6 Å². The van der Waals surface area contributed by atoms with Gasteiger partial charge in [0.15, 0.2) is 11.6 Å². The van der Waals surface area contributed by atoms with E-state index in [1.54, 1.807) is 31.2 Å². The number of aromatic nitrogens is 2. The first kappa shape index (κ1) is 27.9. The molecule has 3 aromatic rings. The molecule has 214 valence electrons. The average molecular weight is 551 g/mol. The molecule has 2 aromatic carbocycles. The number of hydrazine groups is 1. The van der Waals surface area contributed by atoms with Crippen LogP contribution in [0.15, 0.2) is 42.1 Å². The van der Waals surface area contributed by atoms with Crippen LogP contribution in [0, 0.1) is 5.82 Å². The lowest BCUT2D eigenvalue weighted by molar-refractivity contribution is -0.120. The molecule has 2 heterocycles. The summed E-state index contributed by atoms with van der Waals surface area (Å²) in [5.41, 5.74) is 10.7. The highest BCUT2D eigenvalue weighted by Gasteiger charge is 2.36. The predicted octanol–water partition coefficient (Wildman–Crippen LogP) is 5.03. The van der Waals surface area contributed by atoms with E-state index >= 15 is 0 Å². The molecule has 0 radical (unpaired) electrons. The maximum Gasteiger partial charge on any atom is 0.227 e. The quantitative estimate of drug-likeness (QED) is 0.314. The molecule has 1 atom stereocenters. The largest absolute Gasteiger partial charge is 0.494 e. The molecule has 1 aliphatic carbocycles. The highest BCUT2D eigenvalue weighted by atomic mass is 19.1. The Bertz CT molecular complexity index is 1420. The summed E-state index contributed by atoms with van der Waals surface area (Å²) in [7, 11) is 4.95. The number of allylic oxidation sites excluding steroid dienone is 1. The van der Waals surface area contributed by atoms with Gasteiger partial charge in [0.1, 0.15) is 5.82 Å². The van der Waals surface area contributed by atoms with Gasteiger partial charge in [-0.1, -0.05) is 6.07 Å². The summed E-state index contributed by atoms with van der Waals surface area (Å²) in [6, 6.07) is 10.6. The fourth-order valence-electron chi connectivity index (χ4n) is 6.38. The number of imidazole rings is 1. The highest BCUT2D eigenvalue weighted by molar-refractivity contribution is 5.95. The summed E-state index contributed by atoms with van der Waals surface area (Å²) in [5, 5.41) is 1.51. The number of amides is 1. The Morgan fingerprint density at radius 1 is 1.10 bits per heavy atom. The Hall–Kier alpha value is -3.63. The second kappa shape index (κ2) is 11.5. The number of ether oxygens (including phenoxy) is 2. The Kier molecular flexibility index (Phi) is 8.00. The lowest BCUT2D eigenvalue weighted by Crippen LogP contribution is -2.40. The number of benzene rings is 2. The average Bonchev–Trinajstić information content (AvgIpc) is 3.31. The number of carbonyl (C=O) groups is 1. The molecule has 40 heavy (non-hydrogen) atoms. The van der Waals surface area contributed by atoms with Crippen molar-refractivity contribution >= 4 is 28.3 Å². The van der Waals surface area contributed by atoms with Crippen molar-refractivity contribution < 1.29 is 18.7 Å². The van der Waals surface area contributed by atoms with Gasteiger partial charge >= 0.3 is 0 Å². The number of nitrogens with two attached hydrogens (primary N) is 2. The van der Waals surface area contributed by atoms with Crippen molar-refractivity contribution in [1.29, 1.82) is 0 Å². The van der Waals surface area contributed by atoms with Gasteiger partial charge in [-0.15, -0.1) is 0 Å². The maximum atomic E-state index is 14.8. The lowest BCUT2D eigenvalue weighted by Gasteiger charge is -2.37. The predicted molar refractivity (Wildman–Crippen MR) is 154 cm³/mol. The minimum atomic E-state index is -0.504. The molecule has 0 spiro atoms. The summed E-state index contributed by atoms with van der Waals surface area (Å²) in [5.74, 6) is 6.52. The number of hydrogen-bond donors (Lipinski definition) is 2. The number of halogens is 1. The molecule has 4 N–H and O–H groups in total. The van der Waals surface area contributed by atoms with Gasteiger partial charge in [-0.25, -0.2) is 15.2 Å². The van der Waals surface area contributed by atoms with Gasteiger partial charge in [0.2, 0.25) is 5.91 Å². The van der Waals surface area contributed by atoms with E-state index in [0.717, 1.165) is 66.6 Å². The number of anilines is 1. The van der Waals surface area contributed by atoms with Crippen molar-refractivity contribution in [3.8, 4) is 5.75 Å². The number of methoxy groups -OCH3 is 2. The van der Waals surface area contributed by atoms with E-state index < -0.39 is 5.82 Å². The Labute approximate surface area is 234 Å². The Morgan fingerprint density at radius 2 is 1.85 bits per heavy atom. The molecule has 5 rings (SSSR count). The van der Waals surface area contributed by atoms with Crippen molar-refractivity contribution in [2.24, 2.45) is 11.6 Å². The van der Waals surface area contributed by atoms with Crippen LogP contribution in [-0.4, -0.2) is 47.8 Å². The molecule has 10 heteroatoms. The fraction of sp³-hybridized carbons (Fsp3) is 0.467. The summed E-state index contributed by atoms with van der Waals surface area (Å²) in [6.07, 6.45) is 5.89. The molecular weight excluding hydrogens is 511 g/mol. The van der Waals surface area contributed by atoms with Crippen LogP contribution in [0.4, 0.5) is 10.1 Å². The molecule has 0 unspecified atom stereocenters. The van der Waals surface area contributed by atoms with E-state index in [1.807, 2.05) is 19.1 Å². The normalized spacial score (nSPS) is 22.4. The molecular formula is C30H39FN6O3. The Morgan fingerprint density at radius 3 is 2.48 bits per heavy atom. The minimum absolute atomic E-state index is 0.0445. The van der Waals surface area contributed by atoms with Crippen LogP contribution in [-0.2, 0) is 9.53 Å². The third kappa shape index (κ3) is 5.13. The highest BCUT2D eigenvalue weighted by Crippen LogP contribution is 2.42. The van der Waals surface area contributed by atoms with Crippen LogP contribution in [0.3, 0.4) is 0 Å². The van der Waals surface area contributed by atoms with Crippen LogP contribution in [0.5, 0.6) is 5.75 Å². The number of fused-ring (bicyclic) bond motifs is 1. The molecule has 1 amide bonds. The van der Waals surface area contributed by atoms with E-state index in [4.69, 9.17) is 26.0 Å². The molecule has 1 saturated carbocycles. The number of rotatable bonds is 7. The van der Waals surface area contributed by atoms with Crippen molar-refractivity contribution in [1.82, 2.24) is 14.6 Å². The minimum Gasteiger partial charge on any atom is -0.494 e. The molecule has 2 fully saturated rings. The van der Waals surface area contributed by atoms with Gasteiger partial charge in [-0.2, -0.15) is 0 Å².